The van der Waals surface area contributed by atoms with Crippen molar-refractivity contribution in [2.75, 3.05) is 6.54 Å². The Hall–Kier alpha value is -4.28. The number of carbonyl (C=O) groups excluding carboxylic acids is 3. The van der Waals surface area contributed by atoms with E-state index in [-0.39, 0.29) is 18.9 Å². The molecule has 4 N–H and O–H groups in total. The first-order valence-electron chi connectivity index (χ1n) is 12.2. The number of nitrogens with one attached hydrogen (secondary N) is 2. The van der Waals surface area contributed by atoms with Gasteiger partial charge in [-0.05, 0) is 11.1 Å². The summed E-state index contributed by atoms with van der Waals surface area (Å²) < 4.78 is 1.45. The van der Waals surface area contributed by atoms with Crippen LogP contribution in [-0.4, -0.2) is 51.1 Å². The third-order valence-corrected chi connectivity index (χ3v) is 7.51. The highest BCUT2D eigenvalue weighted by atomic mass is 32.2. The van der Waals surface area contributed by atoms with Gasteiger partial charge in [-0.15, -0.1) is 10.2 Å². The molecule has 5 rings (SSSR count). The van der Waals surface area contributed by atoms with Crippen LogP contribution in [0.2, 0.25) is 0 Å². The number of hydrogen-bond acceptors (Lipinski definition) is 7. The number of rotatable bonds is 8. The highest BCUT2D eigenvalue weighted by Gasteiger charge is 2.42. The van der Waals surface area contributed by atoms with E-state index in [1.807, 2.05) is 91.0 Å². The molecule has 9 nitrogen and oxygen atoms in total. The van der Waals surface area contributed by atoms with Gasteiger partial charge in [-0.2, -0.15) is 0 Å². The summed E-state index contributed by atoms with van der Waals surface area (Å²) in [6, 6.07) is 26.3. The van der Waals surface area contributed by atoms with Crippen LogP contribution >= 0.6 is 11.8 Å². The summed E-state index contributed by atoms with van der Waals surface area (Å²) in [5.41, 5.74) is 7.97. The number of aromatic nitrogens is 3. The van der Waals surface area contributed by atoms with E-state index in [0.29, 0.717) is 11.0 Å². The van der Waals surface area contributed by atoms with Gasteiger partial charge in [0, 0.05) is 12.0 Å². The number of carbonyl (C=O) groups is 3. The zero-order valence-electron chi connectivity index (χ0n) is 20.4. The average molecular weight is 527 g/mol. The first kappa shape index (κ1) is 25.4. The molecule has 2 amide bonds. The first-order valence-corrected chi connectivity index (χ1v) is 13.0. The third-order valence-electron chi connectivity index (χ3n) is 6.23. The van der Waals surface area contributed by atoms with Crippen LogP contribution in [0.4, 0.5) is 0 Å². The van der Waals surface area contributed by atoms with E-state index >= 15 is 0 Å². The van der Waals surface area contributed by atoms with E-state index in [2.05, 4.69) is 20.8 Å². The average Bonchev–Trinajstić information content (AvgIpc) is 3.40. The van der Waals surface area contributed by atoms with Crippen molar-refractivity contribution in [2.45, 2.75) is 28.9 Å². The van der Waals surface area contributed by atoms with E-state index in [1.54, 1.807) is 0 Å². The molecule has 0 fully saturated rings. The van der Waals surface area contributed by atoms with Crippen LogP contribution in [0.5, 0.6) is 0 Å². The molecule has 0 unspecified atom stereocenters. The predicted octanol–water partition coefficient (Wildman–Crippen LogP) is 2.60. The Balaban J connectivity index is 1.49. The zero-order chi connectivity index (χ0) is 26.5. The number of amides is 2. The molecule has 1 aliphatic heterocycles. The van der Waals surface area contributed by atoms with Crippen LogP contribution in [0.15, 0.2) is 96.2 Å². The second-order valence-corrected chi connectivity index (χ2v) is 9.90. The van der Waals surface area contributed by atoms with Crippen molar-refractivity contribution in [3.8, 4) is 11.4 Å². The van der Waals surface area contributed by atoms with Gasteiger partial charge < -0.3 is 16.4 Å². The first-order chi connectivity index (χ1) is 18.5. The lowest BCUT2D eigenvalue weighted by molar-refractivity contribution is -0.128. The van der Waals surface area contributed by atoms with E-state index in [0.717, 1.165) is 16.7 Å². The van der Waals surface area contributed by atoms with E-state index < -0.39 is 29.1 Å². The molecule has 3 aromatic carbocycles. The van der Waals surface area contributed by atoms with Crippen molar-refractivity contribution in [3.05, 3.63) is 102 Å². The molecule has 0 saturated heterocycles. The van der Waals surface area contributed by atoms with Crippen molar-refractivity contribution in [2.24, 2.45) is 5.73 Å². The Morgan fingerprint density at radius 3 is 2.21 bits per heavy atom. The van der Waals surface area contributed by atoms with Crippen molar-refractivity contribution in [3.63, 3.8) is 0 Å². The Labute approximate surface area is 223 Å². The molecule has 2 heterocycles. The molecule has 0 spiro atoms. The molecule has 192 valence electrons. The molecule has 0 bridgehead atoms. The molecule has 0 aliphatic carbocycles. The summed E-state index contributed by atoms with van der Waals surface area (Å²) in [6.07, 6.45) is 0.246. The van der Waals surface area contributed by atoms with Gasteiger partial charge in [0.25, 0.3) is 5.91 Å². The second-order valence-electron chi connectivity index (χ2n) is 8.80. The molecule has 1 aromatic heterocycles. The highest BCUT2D eigenvalue weighted by molar-refractivity contribution is 7.99. The summed E-state index contributed by atoms with van der Waals surface area (Å²) in [7, 11) is 0. The van der Waals surface area contributed by atoms with Crippen molar-refractivity contribution < 1.29 is 14.4 Å². The Morgan fingerprint density at radius 2 is 1.55 bits per heavy atom. The maximum absolute atomic E-state index is 14.0. The van der Waals surface area contributed by atoms with Gasteiger partial charge in [0.05, 0.1) is 11.8 Å². The molecular formula is C28H26N6O3S. The SMILES string of the molecule is NCC(=O)N[C@@H](Cc1ccccc1)C(=O)N[C@@H]1C(=O)n2c(nnc2-c2ccccc2)S[C@@H]1c1ccccc1. The molecule has 0 saturated carbocycles. The van der Waals surface area contributed by atoms with E-state index in [1.165, 1.54) is 16.3 Å². The Kier molecular flexibility index (Phi) is 7.62. The summed E-state index contributed by atoms with van der Waals surface area (Å²) in [6.45, 7) is -0.256. The van der Waals surface area contributed by atoms with Gasteiger partial charge >= 0.3 is 0 Å². The van der Waals surface area contributed by atoms with Gasteiger partial charge in [0.15, 0.2) is 11.0 Å². The van der Waals surface area contributed by atoms with Crippen LogP contribution in [0.25, 0.3) is 11.4 Å². The molecule has 10 heteroatoms. The Bertz CT molecular complexity index is 1430. The van der Waals surface area contributed by atoms with Gasteiger partial charge in [-0.3, -0.25) is 14.4 Å². The molecule has 3 atom stereocenters. The minimum absolute atomic E-state index is 0.246. The fourth-order valence-corrected chi connectivity index (χ4v) is 5.59. The molecule has 38 heavy (non-hydrogen) atoms. The molecule has 0 radical (unpaired) electrons. The van der Waals surface area contributed by atoms with Crippen molar-refractivity contribution in [1.82, 2.24) is 25.4 Å². The van der Waals surface area contributed by atoms with Crippen LogP contribution in [0.3, 0.4) is 0 Å². The maximum Gasteiger partial charge on any atom is 0.258 e. The largest absolute Gasteiger partial charge is 0.343 e. The summed E-state index contributed by atoms with van der Waals surface area (Å²) in [5.74, 6) is -0.889. The number of thioether (sulfide) groups is 1. The van der Waals surface area contributed by atoms with E-state index in [4.69, 9.17) is 5.73 Å². The minimum atomic E-state index is -0.936. The Morgan fingerprint density at radius 1 is 0.921 bits per heavy atom. The van der Waals surface area contributed by atoms with Crippen LogP contribution in [0.1, 0.15) is 21.2 Å². The fraction of sp³-hybridized carbons (Fsp3) is 0.179. The number of nitrogens with two attached hydrogens (primary N) is 1. The molecule has 4 aromatic rings. The minimum Gasteiger partial charge on any atom is -0.343 e. The number of benzene rings is 3. The number of fused-ring (bicyclic) bond motifs is 1. The smallest absolute Gasteiger partial charge is 0.258 e. The standard InChI is InChI=1S/C28H26N6O3S/c29-17-22(35)30-21(16-18-10-4-1-5-11-18)26(36)31-23-24(19-12-6-2-7-13-19)38-28-33-32-25(34(28)27(23)37)20-14-8-3-9-15-20/h1-15,21,23-24H,16-17,29H2,(H,30,35)(H,31,36)/t21-,23-,24+/m0/s1. The van der Waals surface area contributed by atoms with E-state index in [9.17, 15) is 14.4 Å². The number of nitrogens with zero attached hydrogens (tertiary/aromatic N) is 3. The lowest BCUT2D eigenvalue weighted by atomic mass is 10.0. The second kappa shape index (κ2) is 11.4. The molecule has 1 aliphatic rings. The summed E-state index contributed by atoms with van der Waals surface area (Å²) in [4.78, 5) is 39.8. The maximum atomic E-state index is 14.0. The quantitative estimate of drug-likeness (QED) is 0.322. The topological polar surface area (TPSA) is 132 Å². The third kappa shape index (κ3) is 5.36. The van der Waals surface area contributed by atoms with Crippen LogP contribution in [0, 0.1) is 0 Å². The normalized spacial score (nSPS) is 17.3. The fourth-order valence-electron chi connectivity index (χ4n) is 4.38. The van der Waals surface area contributed by atoms with Crippen LogP contribution < -0.4 is 16.4 Å². The van der Waals surface area contributed by atoms with Crippen molar-refractivity contribution in [1.29, 1.82) is 0 Å². The molecular weight excluding hydrogens is 500 g/mol. The van der Waals surface area contributed by atoms with Gasteiger partial charge in [-0.25, -0.2) is 4.57 Å². The lowest BCUT2D eigenvalue weighted by Gasteiger charge is -2.32. The van der Waals surface area contributed by atoms with Crippen molar-refractivity contribution >= 4 is 29.5 Å². The van der Waals surface area contributed by atoms with Gasteiger partial charge in [0.2, 0.25) is 11.8 Å². The van der Waals surface area contributed by atoms with Gasteiger partial charge in [0.1, 0.15) is 12.1 Å². The lowest BCUT2D eigenvalue weighted by Crippen LogP contribution is -2.56. The summed E-state index contributed by atoms with van der Waals surface area (Å²) in [5, 5.41) is 14.2. The summed E-state index contributed by atoms with van der Waals surface area (Å²) >= 11 is 1.36. The van der Waals surface area contributed by atoms with Crippen LogP contribution in [-0.2, 0) is 16.0 Å². The predicted molar refractivity (Wildman–Crippen MR) is 144 cm³/mol. The number of hydrogen-bond donors (Lipinski definition) is 3. The monoisotopic (exact) mass is 526 g/mol. The van der Waals surface area contributed by atoms with Gasteiger partial charge in [-0.1, -0.05) is 103 Å². The highest BCUT2D eigenvalue weighted by Crippen LogP contribution is 2.42. The zero-order valence-corrected chi connectivity index (χ0v) is 21.2.